The molecule has 0 radical (unpaired) electrons. The van der Waals surface area contributed by atoms with Gasteiger partial charge in [0.25, 0.3) is 0 Å². The number of hydrogen-bond acceptors (Lipinski definition) is 5. The number of nitrogens with one attached hydrogen (secondary N) is 1. The number of thiophene rings is 1. The van der Waals surface area contributed by atoms with E-state index in [-0.39, 0.29) is 5.91 Å². The van der Waals surface area contributed by atoms with Crippen molar-refractivity contribution in [1.82, 2.24) is 20.1 Å². The Morgan fingerprint density at radius 2 is 2.44 bits per heavy atom. The van der Waals surface area contributed by atoms with Crippen LogP contribution in [0.15, 0.2) is 22.0 Å². The van der Waals surface area contributed by atoms with E-state index in [0.29, 0.717) is 17.5 Å². The van der Waals surface area contributed by atoms with Crippen molar-refractivity contribution >= 4 is 29.0 Å². The maximum Gasteiger partial charge on any atom is 0.233 e. The Labute approximate surface area is 114 Å². The minimum absolute atomic E-state index is 0.0775. The zero-order valence-corrected chi connectivity index (χ0v) is 11.8. The summed E-state index contributed by atoms with van der Waals surface area (Å²) in [7, 11) is 1.81. The Kier molecular flexibility index (Phi) is 4.38. The topological polar surface area (TPSA) is 61.9 Å². The summed E-state index contributed by atoms with van der Waals surface area (Å²) in [6.07, 6.45) is 0. The van der Waals surface area contributed by atoms with Crippen molar-refractivity contribution in [2.45, 2.75) is 18.6 Å². The maximum atomic E-state index is 11.9. The number of rotatable bonds is 5. The van der Waals surface area contributed by atoms with Gasteiger partial charge in [0.15, 0.2) is 0 Å². The van der Waals surface area contributed by atoms with E-state index in [0.717, 1.165) is 11.4 Å². The number of carbonyl (C=O) groups is 1. The molecule has 2 heterocycles. The molecule has 0 atom stereocenters. The number of aryl methyl sites for hydroxylation is 1. The van der Waals surface area contributed by atoms with Gasteiger partial charge in [0, 0.05) is 13.6 Å². The highest BCUT2D eigenvalue weighted by molar-refractivity contribution is 7.99. The number of amides is 1. The molecule has 0 unspecified atom stereocenters. The molecule has 0 saturated heterocycles. The smallest absolute Gasteiger partial charge is 0.233 e. The molecule has 18 heavy (non-hydrogen) atoms. The standard InChI is InChI=1S/C11H14N4OS2/c1-8-12-11(14-13-8)18-7-10(16)15(2)5-9-3-4-17-6-9/h3-4,6H,5,7H2,1-2H3,(H,12,13,14). The molecule has 0 aliphatic heterocycles. The fourth-order valence-electron chi connectivity index (χ4n) is 1.37. The van der Waals surface area contributed by atoms with Gasteiger partial charge in [0.05, 0.1) is 5.75 Å². The first-order chi connectivity index (χ1) is 8.65. The van der Waals surface area contributed by atoms with Gasteiger partial charge in [0.1, 0.15) is 5.82 Å². The summed E-state index contributed by atoms with van der Waals surface area (Å²) in [5.41, 5.74) is 1.16. The molecule has 0 aliphatic rings. The van der Waals surface area contributed by atoms with E-state index < -0.39 is 0 Å². The fourth-order valence-corrected chi connectivity index (χ4v) is 2.81. The first kappa shape index (κ1) is 13.1. The van der Waals surface area contributed by atoms with Crippen molar-refractivity contribution < 1.29 is 4.79 Å². The Hall–Kier alpha value is -1.34. The number of nitrogens with zero attached hydrogens (tertiary/aromatic N) is 3. The van der Waals surface area contributed by atoms with Crippen LogP contribution in [0.4, 0.5) is 0 Å². The predicted octanol–water partition coefficient (Wildman–Crippen LogP) is 1.93. The van der Waals surface area contributed by atoms with Crippen molar-refractivity contribution in [2.75, 3.05) is 12.8 Å². The molecule has 7 heteroatoms. The number of thioether (sulfide) groups is 1. The average molecular weight is 282 g/mol. The molecule has 0 saturated carbocycles. The van der Waals surface area contributed by atoms with Crippen LogP contribution in [-0.2, 0) is 11.3 Å². The van der Waals surface area contributed by atoms with E-state index in [1.54, 1.807) is 16.2 Å². The van der Waals surface area contributed by atoms with E-state index in [1.807, 2.05) is 25.4 Å². The van der Waals surface area contributed by atoms with Crippen LogP contribution in [-0.4, -0.2) is 38.8 Å². The lowest BCUT2D eigenvalue weighted by Crippen LogP contribution is -2.27. The van der Waals surface area contributed by atoms with Gasteiger partial charge in [0.2, 0.25) is 11.1 Å². The van der Waals surface area contributed by atoms with Gasteiger partial charge < -0.3 is 4.90 Å². The Balaban J connectivity index is 1.80. The molecule has 0 bridgehead atoms. The highest BCUT2D eigenvalue weighted by Gasteiger charge is 2.11. The molecule has 96 valence electrons. The lowest BCUT2D eigenvalue weighted by molar-refractivity contribution is -0.127. The zero-order chi connectivity index (χ0) is 13.0. The number of aromatic nitrogens is 3. The molecule has 1 N–H and O–H groups in total. The van der Waals surface area contributed by atoms with Crippen molar-refractivity contribution in [3.8, 4) is 0 Å². The molecular formula is C11H14N4OS2. The first-order valence-electron chi connectivity index (χ1n) is 5.42. The van der Waals surface area contributed by atoms with E-state index in [2.05, 4.69) is 20.6 Å². The van der Waals surface area contributed by atoms with Gasteiger partial charge in [-0.05, 0) is 29.3 Å². The highest BCUT2D eigenvalue weighted by Crippen LogP contribution is 2.14. The van der Waals surface area contributed by atoms with Gasteiger partial charge in [-0.15, -0.1) is 5.10 Å². The second kappa shape index (κ2) is 6.01. The van der Waals surface area contributed by atoms with Crippen molar-refractivity contribution in [1.29, 1.82) is 0 Å². The average Bonchev–Trinajstić information content (AvgIpc) is 2.97. The van der Waals surface area contributed by atoms with E-state index >= 15 is 0 Å². The van der Waals surface area contributed by atoms with Gasteiger partial charge in [-0.2, -0.15) is 11.3 Å². The summed E-state index contributed by atoms with van der Waals surface area (Å²) in [5, 5.41) is 11.4. The van der Waals surface area contributed by atoms with Crippen LogP contribution in [0, 0.1) is 6.92 Å². The number of hydrogen-bond donors (Lipinski definition) is 1. The van der Waals surface area contributed by atoms with Crippen LogP contribution in [0.25, 0.3) is 0 Å². The normalized spacial score (nSPS) is 10.6. The zero-order valence-electron chi connectivity index (χ0n) is 10.2. The summed E-state index contributed by atoms with van der Waals surface area (Å²) in [6.45, 7) is 2.48. The van der Waals surface area contributed by atoms with Crippen LogP contribution >= 0.6 is 23.1 Å². The molecule has 0 spiro atoms. The fraction of sp³-hybridized carbons (Fsp3) is 0.364. The molecule has 2 aromatic heterocycles. The van der Waals surface area contributed by atoms with Crippen molar-refractivity contribution in [2.24, 2.45) is 0 Å². The first-order valence-corrected chi connectivity index (χ1v) is 7.35. The SMILES string of the molecule is Cc1nc(SCC(=O)N(C)Cc2ccsc2)n[nH]1. The number of aromatic amines is 1. The third-order valence-electron chi connectivity index (χ3n) is 2.33. The molecule has 2 aromatic rings. The number of carbonyl (C=O) groups excluding carboxylic acids is 1. The molecule has 0 fully saturated rings. The quantitative estimate of drug-likeness (QED) is 0.851. The minimum Gasteiger partial charge on any atom is -0.341 e. The van der Waals surface area contributed by atoms with E-state index in [4.69, 9.17) is 0 Å². The molecule has 1 amide bonds. The lowest BCUT2D eigenvalue weighted by atomic mass is 10.3. The summed E-state index contributed by atoms with van der Waals surface area (Å²) in [5.74, 6) is 1.20. The molecule has 0 aromatic carbocycles. The Morgan fingerprint density at radius 3 is 3.06 bits per heavy atom. The second-order valence-electron chi connectivity index (χ2n) is 3.87. The lowest BCUT2D eigenvalue weighted by Gasteiger charge is -2.15. The Bertz CT molecular complexity index is 509. The monoisotopic (exact) mass is 282 g/mol. The molecule has 0 aliphatic carbocycles. The third-order valence-corrected chi connectivity index (χ3v) is 3.89. The van der Waals surface area contributed by atoms with Crippen LogP contribution in [0.3, 0.4) is 0 Å². The van der Waals surface area contributed by atoms with Gasteiger partial charge in [-0.1, -0.05) is 11.8 Å². The number of H-pyrrole nitrogens is 1. The summed E-state index contributed by atoms with van der Waals surface area (Å²) in [6, 6.07) is 2.03. The molecule has 5 nitrogen and oxygen atoms in total. The van der Waals surface area contributed by atoms with Crippen molar-refractivity contribution in [3.63, 3.8) is 0 Å². The van der Waals surface area contributed by atoms with Crippen molar-refractivity contribution in [3.05, 3.63) is 28.2 Å². The van der Waals surface area contributed by atoms with Crippen LogP contribution in [0.5, 0.6) is 0 Å². The van der Waals surface area contributed by atoms with E-state index in [1.165, 1.54) is 11.8 Å². The Morgan fingerprint density at radius 1 is 1.61 bits per heavy atom. The van der Waals surface area contributed by atoms with Gasteiger partial charge >= 0.3 is 0 Å². The largest absolute Gasteiger partial charge is 0.341 e. The van der Waals surface area contributed by atoms with Gasteiger partial charge in [-0.3, -0.25) is 9.89 Å². The summed E-state index contributed by atoms with van der Waals surface area (Å²) >= 11 is 2.99. The van der Waals surface area contributed by atoms with Crippen LogP contribution in [0.1, 0.15) is 11.4 Å². The van der Waals surface area contributed by atoms with E-state index in [9.17, 15) is 4.79 Å². The summed E-state index contributed by atoms with van der Waals surface area (Å²) < 4.78 is 0. The third kappa shape index (κ3) is 3.58. The van der Waals surface area contributed by atoms with Gasteiger partial charge in [-0.25, -0.2) is 4.98 Å². The highest BCUT2D eigenvalue weighted by atomic mass is 32.2. The van der Waals surface area contributed by atoms with Crippen LogP contribution in [0.2, 0.25) is 0 Å². The molecule has 2 rings (SSSR count). The minimum atomic E-state index is 0.0775. The second-order valence-corrected chi connectivity index (χ2v) is 5.60. The predicted molar refractivity (Wildman–Crippen MR) is 72.6 cm³/mol. The van der Waals surface area contributed by atoms with Crippen LogP contribution < -0.4 is 0 Å². The summed E-state index contributed by atoms with van der Waals surface area (Å²) in [4.78, 5) is 17.8. The molecular weight excluding hydrogens is 268 g/mol. The maximum absolute atomic E-state index is 11.9.